The number of ether oxygens (including phenoxy) is 1. The fourth-order valence-corrected chi connectivity index (χ4v) is 1.58. The lowest BCUT2D eigenvalue weighted by atomic mass is 10.2. The second kappa shape index (κ2) is 7.63. The number of hydrogen-bond donors (Lipinski definition) is 1. The van der Waals surface area contributed by atoms with E-state index in [0.717, 1.165) is 6.42 Å². The Morgan fingerprint density at radius 3 is 2.25 bits per heavy atom. The monoisotopic (exact) mass is 231 g/mol. The number of carbonyl (C=O) groups is 1. The highest BCUT2D eigenvalue weighted by molar-refractivity contribution is 5.75. The first-order valence-electron chi connectivity index (χ1n) is 6.00. The van der Waals surface area contributed by atoms with Gasteiger partial charge in [0.25, 0.3) is 0 Å². The number of aliphatic hydroxyl groups is 1. The second-order valence-electron chi connectivity index (χ2n) is 4.48. The maximum Gasteiger partial charge on any atom is 0.323 e. The summed E-state index contributed by atoms with van der Waals surface area (Å²) in [5.41, 5.74) is 0. The molecule has 96 valence electrons. The molecule has 16 heavy (non-hydrogen) atoms. The largest absolute Gasteiger partial charge is 0.465 e. The van der Waals surface area contributed by atoms with Gasteiger partial charge in [-0.25, -0.2) is 0 Å². The SMILES string of the molecule is CCCOC(=O)C(C)N(CC(C)O)C(C)C. The number of carbonyl (C=O) groups excluding carboxylic acids is 1. The summed E-state index contributed by atoms with van der Waals surface area (Å²) in [7, 11) is 0. The van der Waals surface area contributed by atoms with Crippen LogP contribution in [-0.4, -0.2) is 47.3 Å². The smallest absolute Gasteiger partial charge is 0.323 e. The Morgan fingerprint density at radius 1 is 1.31 bits per heavy atom. The zero-order valence-electron chi connectivity index (χ0n) is 11.1. The zero-order valence-corrected chi connectivity index (χ0v) is 11.1. The standard InChI is InChI=1S/C12H25NO3/c1-6-7-16-12(15)11(5)13(9(2)3)8-10(4)14/h9-11,14H,6-8H2,1-5H3. The van der Waals surface area contributed by atoms with Gasteiger partial charge in [-0.15, -0.1) is 0 Å². The molecule has 0 saturated heterocycles. The molecule has 0 rings (SSSR count). The average Bonchev–Trinajstić information content (AvgIpc) is 2.20. The molecule has 0 radical (unpaired) electrons. The summed E-state index contributed by atoms with van der Waals surface area (Å²) >= 11 is 0. The summed E-state index contributed by atoms with van der Waals surface area (Å²) in [5.74, 6) is -0.212. The molecule has 0 aromatic carbocycles. The number of nitrogens with zero attached hydrogens (tertiary/aromatic N) is 1. The molecule has 1 N–H and O–H groups in total. The molecule has 4 heteroatoms. The van der Waals surface area contributed by atoms with Gasteiger partial charge in [0.05, 0.1) is 12.7 Å². The van der Waals surface area contributed by atoms with Gasteiger partial charge >= 0.3 is 5.97 Å². The molecule has 0 bridgehead atoms. The van der Waals surface area contributed by atoms with Crippen LogP contribution in [0.5, 0.6) is 0 Å². The average molecular weight is 231 g/mol. The summed E-state index contributed by atoms with van der Waals surface area (Å²) < 4.78 is 5.10. The van der Waals surface area contributed by atoms with Gasteiger partial charge in [0.2, 0.25) is 0 Å². The van der Waals surface area contributed by atoms with Gasteiger partial charge in [0, 0.05) is 12.6 Å². The maximum absolute atomic E-state index is 11.7. The Kier molecular flexibility index (Phi) is 7.34. The van der Waals surface area contributed by atoms with Crippen molar-refractivity contribution >= 4 is 5.97 Å². The third-order valence-electron chi connectivity index (χ3n) is 2.43. The van der Waals surface area contributed by atoms with Crippen molar-refractivity contribution in [3.63, 3.8) is 0 Å². The quantitative estimate of drug-likeness (QED) is 0.673. The molecule has 0 fully saturated rings. The molecule has 0 heterocycles. The van der Waals surface area contributed by atoms with E-state index in [-0.39, 0.29) is 18.1 Å². The van der Waals surface area contributed by atoms with Crippen molar-refractivity contribution < 1.29 is 14.6 Å². The highest BCUT2D eigenvalue weighted by Gasteiger charge is 2.25. The van der Waals surface area contributed by atoms with Crippen LogP contribution < -0.4 is 0 Å². The maximum atomic E-state index is 11.7. The Balaban J connectivity index is 4.36. The zero-order chi connectivity index (χ0) is 12.7. The normalized spacial score (nSPS) is 15.2. The molecule has 2 unspecified atom stereocenters. The third kappa shape index (κ3) is 5.47. The third-order valence-corrected chi connectivity index (χ3v) is 2.43. The van der Waals surface area contributed by atoms with Crippen LogP contribution >= 0.6 is 0 Å². The highest BCUT2D eigenvalue weighted by atomic mass is 16.5. The van der Waals surface area contributed by atoms with Crippen LogP contribution in [0.4, 0.5) is 0 Å². The van der Waals surface area contributed by atoms with Crippen LogP contribution in [0.2, 0.25) is 0 Å². The predicted octanol–water partition coefficient (Wildman–Crippen LogP) is 1.42. The minimum Gasteiger partial charge on any atom is -0.465 e. The fourth-order valence-electron chi connectivity index (χ4n) is 1.58. The van der Waals surface area contributed by atoms with E-state index in [1.165, 1.54) is 0 Å². The van der Waals surface area contributed by atoms with Gasteiger partial charge < -0.3 is 9.84 Å². The molecule has 0 aliphatic carbocycles. The van der Waals surface area contributed by atoms with Gasteiger partial charge in [0.1, 0.15) is 6.04 Å². The molecule has 0 aromatic rings. The first-order chi connectivity index (χ1) is 7.40. The summed E-state index contributed by atoms with van der Waals surface area (Å²) in [4.78, 5) is 13.6. The van der Waals surface area contributed by atoms with Crippen LogP contribution in [-0.2, 0) is 9.53 Å². The van der Waals surface area contributed by atoms with Gasteiger partial charge in [-0.05, 0) is 34.1 Å². The molecule has 0 aliphatic heterocycles. The fraction of sp³-hybridized carbons (Fsp3) is 0.917. The van der Waals surface area contributed by atoms with E-state index in [4.69, 9.17) is 4.74 Å². The van der Waals surface area contributed by atoms with Crippen molar-refractivity contribution in [2.75, 3.05) is 13.2 Å². The molecule has 0 aliphatic rings. The Labute approximate surface area is 98.6 Å². The molecular weight excluding hydrogens is 206 g/mol. The molecule has 0 aromatic heterocycles. The molecule has 4 nitrogen and oxygen atoms in total. The van der Waals surface area contributed by atoms with Crippen LogP contribution in [0.25, 0.3) is 0 Å². The van der Waals surface area contributed by atoms with Crippen LogP contribution in [0.3, 0.4) is 0 Å². The number of hydrogen-bond acceptors (Lipinski definition) is 4. The van der Waals surface area contributed by atoms with E-state index in [0.29, 0.717) is 13.2 Å². The van der Waals surface area contributed by atoms with E-state index in [9.17, 15) is 9.90 Å². The van der Waals surface area contributed by atoms with E-state index >= 15 is 0 Å². The Morgan fingerprint density at radius 2 is 1.88 bits per heavy atom. The van der Waals surface area contributed by atoms with Crippen LogP contribution in [0.1, 0.15) is 41.0 Å². The first kappa shape index (κ1) is 15.4. The van der Waals surface area contributed by atoms with Crippen LogP contribution in [0, 0.1) is 0 Å². The lowest BCUT2D eigenvalue weighted by molar-refractivity contribution is -0.150. The predicted molar refractivity (Wildman–Crippen MR) is 64.2 cm³/mol. The van der Waals surface area contributed by atoms with E-state index in [2.05, 4.69) is 0 Å². The Hall–Kier alpha value is -0.610. The van der Waals surface area contributed by atoms with Gasteiger partial charge in [-0.2, -0.15) is 0 Å². The molecular formula is C12H25NO3. The molecule has 0 spiro atoms. The minimum absolute atomic E-state index is 0.207. The van der Waals surface area contributed by atoms with Gasteiger partial charge in [-0.3, -0.25) is 9.69 Å². The van der Waals surface area contributed by atoms with E-state index in [1.54, 1.807) is 6.92 Å². The first-order valence-corrected chi connectivity index (χ1v) is 6.00. The molecule has 0 amide bonds. The van der Waals surface area contributed by atoms with Gasteiger partial charge in [-0.1, -0.05) is 6.92 Å². The number of rotatable bonds is 7. The summed E-state index contributed by atoms with van der Waals surface area (Å²) in [5, 5.41) is 9.38. The lowest BCUT2D eigenvalue weighted by Gasteiger charge is -2.32. The summed E-state index contributed by atoms with van der Waals surface area (Å²) in [6, 6.07) is -0.0973. The summed E-state index contributed by atoms with van der Waals surface area (Å²) in [6.45, 7) is 10.5. The van der Waals surface area contributed by atoms with Crippen molar-refractivity contribution in [1.82, 2.24) is 4.90 Å². The van der Waals surface area contributed by atoms with E-state index in [1.807, 2.05) is 32.6 Å². The van der Waals surface area contributed by atoms with Crippen molar-refractivity contribution in [3.05, 3.63) is 0 Å². The number of esters is 1. The minimum atomic E-state index is -0.441. The Bertz CT molecular complexity index is 204. The van der Waals surface area contributed by atoms with Crippen molar-refractivity contribution in [2.45, 2.75) is 59.2 Å². The topological polar surface area (TPSA) is 49.8 Å². The van der Waals surface area contributed by atoms with Gasteiger partial charge in [0.15, 0.2) is 0 Å². The van der Waals surface area contributed by atoms with Crippen LogP contribution in [0.15, 0.2) is 0 Å². The van der Waals surface area contributed by atoms with Crippen molar-refractivity contribution in [1.29, 1.82) is 0 Å². The lowest BCUT2D eigenvalue weighted by Crippen LogP contribution is -2.47. The molecule has 0 saturated carbocycles. The summed E-state index contributed by atoms with van der Waals surface area (Å²) in [6.07, 6.45) is 0.389. The van der Waals surface area contributed by atoms with E-state index < -0.39 is 6.10 Å². The highest BCUT2D eigenvalue weighted by Crippen LogP contribution is 2.08. The number of aliphatic hydroxyl groups excluding tert-OH is 1. The second-order valence-corrected chi connectivity index (χ2v) is 4.48. The van der Waals surface area contributed by atoms with Crippen molar-refractivity contribution in [2.24, 2.45) is 0 Å². The molecule has 2 atom stereocenters. The van der Waals surface area contributed by atoms with Crippen molar-refractivity contribution in [3.8, 4) is 0 Å².